The maximum atomic E-state index is 6.37. The third-order valence-corrected chi connectivity index (χ3v) is 2.91. The smallest absolute Gasteiger partial charge is 0.121 e. The van der Waals surface area contributed by atoms with Gasteiger partial charge in [-0.1, -0.05) is 72.3 Å². The topological polar surface area (TPSA) is 26.0 Å². The van der Waals surface area contributed by atoms with Crippen molar-refractivity contribution in [2.75, 3.05) is 0 Å². The second kappa shape index (κ2) is 4.69. The highest BCUT2D eigenvalue weighted by Crippen LogP contribution is 2.26. The lowest BCUT2D eigenvalue weighted by molar-refractivity contribution is 0.637. The summed E-state index contributed by atoms with van der Waals surface area (Å²) in [5.74, 6) is 0. The predicted octanol–water partition coefficient (Wildman–Crippen LogP) is 3.28. The van der Waals surface area contributed by atoms with Gasteiger partial charge in [0.25, 0.3) is 0 Å². The van der Waals surface area contributed by atoms with Gasteiger partial charge in [0.05, 0.1) is 0 Å². The Kier molecular flexibility index (Phi) is 3.28. The maximum absolute atomic E-state index is 6.37. The number of alkyl halides is 1. The summed E-state index contributed by atoms with van der Waals surface area (Å²) < 4.78 is 0. The van der Waals surface area contributed by atoms with Crippen molar-refractivity contribution in [3.8, 4) is 0 Å². The second-order valence-electron chi connectivity index (χ2n) is 3.89. The van der Waals surface area contributed by atoms with Gasteiger partial charge in [0, 0.05) is 6.42 Å². The highest BCUT2D eigenvalue weighted by atomic mass is 35.5. The zero-order chi connectivity index (χ0) is 11.4. The van der Waals surface area contributed by atoms with Crippen LogP contribution in [0.5, 0.6) is 0 Å². The first-order chi connectivity index (χ1) is 7.68. The van der Waals surface area contributed by atoms with E-state index in [2.05, 4.69) is 0 Å². The molecule has 16 heavy (non-hydrogen) atoms. The van der Waals surface area contributed by atoms with Gasteiger partial charge < -0.3 is 5.73 Å². The van der Waals surface area contributed by atoms with Crippen molar-refractivity contribution in [3.63, 3.8) is 0 Å². The SMILES string of the molecule is N[C@](Cl)(Cc1ccccc1)c1ccccc1. The molecule has 1 nitrogen and oxygen atoms in total. The number of rotatable bonds is 3. The number of hydrogen-bond donors (Lipinski definition) is 1. The van der Waals surface area contributed by atoms with E-state index in [1.165, 1.54) is 0 Å². The summed E-state index contributed by atoms with van der Waals surface area (Å²) in [5.41, 5.74) is 8.22. The fourth-order valence-electron chi connectivity index (χ4n) is 1.71. The fourth-order valence-corrected chi connectivity index (χ4v) is 1.99. The van der Waals surface area contributed by atoms with Gasteiger partial charge in [0.1, 0.15) is 5.00 Å². The van der Waals surface area contributed by atoms with Gasteiger partial charge in [-0.15, -0.1) is 0 Å². The van der Waals surface area contributed by atoms with Crippen LogP contribution in [-0.2, 0) is 11.4 Å². The first-order valence-electron chi connectivity index (χ1n) is 5.26. The molecule has 2 aromatic rings. The van der Waals surface area contributed by atoms with Gasteiger partial charge in [-0.2, -0.15) is 0 Å². The molecule has 0 bridgehead atoms. The molecule has 0 spiro atoms. The van der Waals surface area contributed by atoms with Crippen LogP contribution in [-0.4, -0.2) is 0 Å². The van der Waals surface area contributed by atoms with Gasteiger partial charge in [-0.05, 0) is 11.1 Å². The lowest BCUT2D eigenvalue weighted by Gasteiger charge is -2.22. The molecule has 2 rings (SSSR count). The monoisotopic (exact) mass is 231 g/mol. The summed E-state index contributed by atoms with van der Waals surface area (Å²) in [6, 6.07) is 19.8. The Morgan fingerprint density at radius 1 is 0.875 bits per heavy atom. The largest absolute Gasteiger partial charge is 0.309 e. The summed E-state index contributed by atoms with van der Waals surface area (Å²) in [4.78, 5) is -0.831. The van der Waals surface area contributed by atoms with Crippen molar-refractivity contribution in [1.82, 2.24) is 0 Å². The average Bonchev–Trinajstić information content (AvgIpc) is 2.31. The molecule has 0 unspecified atom stereocenters. The first-order valence-corrected chi connectivity index (χ1v) is 5.63. The Hall–Kier alpha value is -1.31. The zero-order valence-corrected chi connectivity index (χ0v) is 9.69. The number of benzene rings is 2. The highest BCUT2D eigenvalue weighted by Gasteiger charge is 2.23. The molecule has 82 valence electrons. The molecule has 0 amide bonds. The van der Waals surface area contributed by atoms with E-state index in [1.54, 1.807) is 0 Å². The van der Waals surface area contributed by atoms with Crippen LogP contribution in [0.25, 0.3) is 0 Å². The van der Waals surface area contributed by atoms with Crippen molar-refractivity contribution < 1.29 is 0 Å². The Morgan fingerprint density at radius 3 is 1.94 bits per heavy atom. The minimum absolute atomic E-state index is 0.624. The van der Waals surface area contributed by atoms with Crippen LogP contribution in [0.15, 0.2) is 60.7 Å². The quantitative estimate of drug-likeness (QED) is 0.637. The molecule has 0 fully saturated rings. The van der Waals surface area contributed by atoms with Crippen LogP contribution >= 0.6 is 11.6 Å². The van der Waals surface area contributed by atoms with E-state index in [0.29, 0.717) is 6.42 Å². The summed E-state index contributed by atoms with van der Waals surface area (Å²) in [6.45, 7) is 0. The minimum atomic E-state index is -0.831. The van der Waals surface area contributed by atoms with Crippen molar-refractivity contribution in [2.24, 2.45) is 5.73 Å². The average molecular weight is 232 g/mol. The van der Waals surface area contributed by atoms with Crippen LogP contribution in [0.2, 0.25) is 0 Å². The summed E-state index contributed by atoms with van der Waals surface area (Å²) in [5, 5.41) is 0. The summed E-state index contributed by atoms with van der Waals surface area (Å²) in [7, 11) is 0. The molecular formula is C14H14ClN. The Labute approximate surface area is 101 Å². The molecule has 0 aliphatic rings. The molecule has 0 aliphatic heterocycles. The lowest BCUT2D eigenvalue weighted by Crippen LogP contribution is -2.32. The van der Waals surface area contributed by atoms with Crippen molar-refractivity contribution in [1.29, 1.82) is 0 Å². The Balaban J connectivity index is 2.21. The van der Waals surface area contributed by atoms with Crippen molar-refractivity contribution in [3.05, 3.63) is 71.8 Å². The van der Waals surface area contributed by atoms with Gasteiger partial charge in [-0.3, -0.25) is 0 Å². The van der Waals surface area contributed by atoms with Gasteiger partial charge >= 0.3 is 0 Å². The van der Waals surface area contributed by atoms with Crippen molar-refractivity contribution >= 4 is 11.6 Å². The first kappa shape index (κ1) is 11.2. The molecule has 1 atom stereocenters. The summed E-state index contributed by atoms with van der Waals surface area (Å²) in [6.07, 6.45) is 0.624. The highest BCUT2D eigenvalue weighted by molar-refractivity contribution is 6.23. The van der Waals surface area contributed by atoms with Gasteiger partial charge in [0.2, 0.25) is 0 Å². The number of halogens is 1. The normalized spacial score (nSPS) is 14.4. The summed E-state index contributed by atoms with van der Waals surface area (Å²) >= 11 is 6.37. The molecule has 2 N–H and O–H groups in total. The van der Waals surface area contributed by atoms with Crippen LogP contribution in [0.4, 0.5) is 0 Å². The van der Waals surface area contributed by atoms with E-state index < -0.39 is 5.00 Å². The van der Waals surface area contributed by atoms with E-state index in [4.69, 9.17) is 17.3 Å². The van der Waals surface area contributed by atoms with Gasteiger partial charge in [-0.25, -0.2) is 0 Å². The standard InChI is InChI=1S/C14H14ClN/c15-14(16,13-9-5-2-6-10-13)11-12-7-3-1-4-8-12/h1-10H,11,16H2/t14-/m1/s1. The molecule has 0 saturated heterocycles. The van der Waals surface area contributed by atoms with Crippen LogP contribution in [0, 0.1) is 0 Å². The second-order valence-corrected chi connectivity index (χ2v) is 4.57. The maximum Gasteiger partial charge on any atom is 0.121 e. The van der Waals surface area contributed by atoms with E-state index in [1.807, 2.05) is 60.7 Å². The van der Waals surface area contributed by atoms with Crippen LogP contribution < -0.4 is 5.73 Å². The van der Waals surface area contributed by atoms with Gasteiger partial charge in [0.15, 0.2) is 0 Å². The van der Waals surface area contributed by atoms with E-state index in [0.717, 1.165) is 11.1 Å². The molecule has 2 heteroatoms. The number of nitrogens with two attached hydrogens (primary N) is 1. The Morgan fingerprint density at radius 2 is 1.38 bits per heavy atom. The van der Waals surface area contributed by atoms with Crippen molar-refractivity contribution in [2.45, 2.75) is 11.4 Å². The fraction of sp³-hybridized carbons (Fsp3) is 0.143. The molecular weight excluding hydrogens is 218 g/mol. The third-order valence-electron chi connectivity index (χ3n) is 2.56. The lowest BCUT2D eigenvalue weighted by atomic mass is 9.99. The molecule has 0 radical (unpaired) electrons. The van der Waals surface area contributed by atoms with E-state index >= 15 is 0 Å². The Bertz CT molecular complexity index is 437. The molecule has 0 aromatic heterocycles. The third kappa shape index (κ3) is 2.63. The minimum Gasteiger partial charge on any atom is -0.309 e. The zero-order valence-electron chi connectivity index (χ0n) is 8.94. The molecule has 2 aromatic carbocycles. The van der Waals surface area contributed by atoms with E-state index in [-0.39, 0.29) is 0 Å². The predicted molar refractivity (Wildman–Crippen MR) is 68.3 cm³/mol. The number of hydrogen-bond acceptors (Lipinski definition) is 1. The molecule has 0 heterocycles. The van der Waals surface area contributed by atoms with Crippen LogP contribution in [0.3, 0.4) is 0 Å². The van der Waals surface area contributed by atoms with Crippen LogP contribution in [0.1, 0.15) is 11.1 Å². The van der Waals surface area contributed by atoms with E-state index in [9.17, 15) is 0 Å². The molecule has 0 saturated carbocycles. The molecule has 0 aliphatic carbocycles.